The van der Waals surface area contributed by atoms with Gasteiger partial charge in [-0.05, 0) is 76.2 Å². The Bertz CT molecular complexity index is 773. The van der Waals surface area contributed by atoms with Gasteiger partial charge in [0, 0.05) is 0 Å². The van der Waals surface area contributed by atoms with Gasteiger partial charge in [0.05, 0.1) is 25.0 Å². The second-order valence-electron chi connectivity index (χ2n) is 9.65. The van der Waals surface area contributed by atoms with Crippen LogP contribution in [0.15, 0.2) is 0 Å². The number of ether oxygens (including phenoxy) is 2. The van der Waals surface area contributed by atoms with Crippen molar-refractivity contribution in [3.8, 4) is 0 Å². The maximum Gasteiger partial charge on any atom is 0.490 e. The number of hydrogen-bond acceptors (Lipinski definition) is 7. The van der Waals surface area contributed by atoms with Crippen molar-refractivity contribution in [3.05, 3.63) is 0 Å². The van der Waals surface area contributed by atoms with Crippen molar-refractivity contribution in [2.75, 3.05) is 20.8 Å². The number of aliphatic carboxylic acids is 1. The number of carboxylic acid groups (broad SMARTS) is 1. The van der Waals surface area contributed by atoms with E-state index < -0.39 is 35.0 Å². The summed E-state index contributed by atoms with van der Waals surface area (Å²) in [5.74, 6) is -2.70. The zero-order valence-electron chi connectivity index (χ0n) is 19.4. The van der Waals surface area contributed by atoms with Crippen LogP contribution < -0.4 is 11.1 Å². The molecule has 0 aromatic heterocycles. The number of hydrogen-bond donors (Lipinski definition) is 3. The van der Waals surface area contributed by atoms with E-state index in [1.54, 1.807) is 0 Å². The molecule has 0 heterocycles. The van der Waals surface area contributed by atoms with Crippen molar-refractivity contribution in [3.63, 3.8) is 0 Å². The minimum atomic E-state index is -5.08. The van der Waals surface area contributed by atoms with E-state index in [1.165, 1.54) is 14.2 Å². The lowest BCUT2D eigenvalue weighted by Gasteiger charge is -2.59. The van der Waals surface area contributed by atoms with Crippen molar-refractivity contribution in [2.45, 2.75) is 70.0 Å². The number of halogens is 3. The summed E-state index contributed by atoms with van der Waals surface area (Å²) in [7, 11) is 2.76. The van der Waals surface area contributed by atoms with Crippen molar-refractivity contribution in [1.82, 2.24) is 5.32 Å². The monoisotopic (exact) mass is 494 g/mol. The van der Waals surface area contributed by atoms with Crippen LogP contribution in [0.1, 0.15) is 57.8 Å². The Morgan fingerprint density at radius 1 is 1.03 bits per heavy atom. The summed E-state index contributed by atoms with van der Waals surface area (Å²) in [5.41, 5.74) is 4.43. The SMILES string of the molecule is COC(=O)[C@H](CCCCN)NC(=O)C12CC3CC(C1)CC(C(=O)OC)(C3)C2.O=C(O)C(F)(F)F. The molecular formula is C22H33F3N2O7. The number of nitrogens with two attached hydrogens (primary N) is 1. The first-order chi connectivity index (χ1) is 15.8. The van der Waals surface area contributed by atoms with Gasteiger partial charge in [-0.2, -0.15) is 13.2 Å². The fourth-order valence-electron chi connectivity index (χ4n) is 6.18. The highest BCUT2D eigenvalue weighted by molar-refractivity contribution is 5.89. The molecule has 4 rings (SSSR count). The molecule has 3 atom stereocenters. The third kappa shape index (κ3) is 6.19. The van der Waals surface area contributed by atoms with E-state index in [1.807, 2.05) is 0 Å². The van der Waals surface area contributed by atoms with Crippen LogP contribution >= 0.6 is 0 Å². The van der Waals surface area contributed by atoms with E-state index in [0.29, 0.717) is 31.2 Å². The highest BCUT2D eigenvalue weighted by Gasteiger charge is 2.63. The van der Waals surface area contributed by atoms with Gasteiger partial charge in [-0.25, -0.2) is 9.59 Å². The maximum absolute atomic E-state index is 13.3. The first kappa shape index (κ1) is 27.9. The van der Waals surface area contributed by atoms with Gasteiger partial charge < -0.3 is 25.6 Å². The fourth-order valence-corrected chi connectivity index (χ4v) is 6.18. The number of esters is 2. The minimum Gasteiger partial charge on any atom is -0.475 e. The van der Waals surface area contributed by atoms with E-state index in [4.69, 9.17) is 25.1 Å². The lowest BCUT2D eigenvalue weighted by Crippen LogP contribution is -2.61. The van der Waals surface area contributed by atoms with E-state index in [2.05, 4.69) is 5.32 Å². The molecule has 0 aromatic rings. The number of nitrogens with one attached hydrogen (secondary N) is 1. The van der Waals surface area contributed by atoms with E-state index in [9.17, 15) is 27.6 Å². The van der Waals surface area contributed by atoms with Gasteiger partial charge >= 0.3 is 24.1 Å². The Hall–Kier alpha value is -2.37. The Balaban J connectivity index is 0.000000509. The van der Waals surface area contributed by atoms with Crippen LogP contribution in [0.2, 0.25) is 0 Å². The first-order valence-electron chi connectivity index (χ1n) is 11.3. The molecule has 4 aliphatic rings. The van der Waals surface area contributed by atoms with Gasteiger partial charge in [-0.15, -0.1) is 0 Å². The fraction of sp³-hybridized carbons (Fsp3) is 0.818. The summed E-state index contributed by atoms with van der Waals surface area (Å²) < 4.78 is 41.7. The summed E-state index contributed by atoms with van der Waals surface area (Å²) in [6.45, 7) is 0.552. The summed E-state index contributed by atoms with van der Waals surface area (Å²) in [5, 5.41) is 10.1. The van der Waals surface area contributed by atoms with E-state index >= 15 is 0 Å². The smallest absolute Gasteiger partial charge is 0.475 e. The number of carbonyl (C=O) groups excluding carboxylic acids is 3. The zero-order valence-corrected chi connectivity index (χ0v) is 19.4. The van der Waals surface area contributed by atoms with Crippen LogP contribution in [0.5, 0.6) is 0 Å². The van der Waals surface area contributed by atoms with Crippen LogP contribution in [-0.4, -0.2) is 61.9 Å². The molecule has 1 amide bonds. The molecule has 194 valence electrons. The summed E-state index contributed by atoms with van der Waals surface area (Å²) in [6.07, 6.45) is 1.83. The number of alkyl halides is 3. The lowest BCUT2D eigenvalue weighted by molar-refractivity contribution is -0.192. The Morgan fingerprint density at radius 2 is 1.56 bits per heavy atom. The van der Waals surface area contributed by atoms with Crippen LogP contribution in [0.3, 0.4) is 0 Å². The highest BCUT2D eigenvalue weighted by atomic mass is 19.4. The van der Waals surface area contributed by atoms with Crippen molar-refractivity contribution in [2.24, 2.45) is 28.4 Å². The summed E-state index contributed by atoms with van der Waals surface area (Å²) >= 11 is 0. The molecule has 0 aliphatic heterocycles. The molecule has 0 radical (unpaired) electrons. The Kier molecular flexibility index (Phi) is 8.95. The van der Waals surface area contributed by atoms with Crippen LogP contribution in [0, 0.1) is 22.7 Å². The molecular weight excluding hydrogens is 461 g/mol. The molecule has 34 heavy (non-hydrogen) atoms. The van der Waals surface area contributed by atoms with Crippen molar-refractivity contribution in [1.29, 1.82) is 0 Å². The largest absolute Gasteiger partial charge is 0.490 e. The predicted molar refractivity (Wildman–Crippen MR) is 112 cm³/mol. The first-order valence-corrected chi connectivity index (χ1v) is 11.3. The Morgan fingerprint density at radius 3 is 2.00 bits per heavy atom. The van der Waals surface area contributed by atoms with E-state index in [0.717, 1.165) is 44.9 Å². The van der Waals surface area contributed by atoms with Crippen molar-refractivity contribution < 1.29 is 46.9 Å². The molecule has 0 spiro atoms. The number of carboxylic acids is 1. The third-order valence-electron chi connectivity index (χ3n) is 7.14. The molecule has 0 aromatic carbocycles. The molecule has 4 aliphatic carbocycles. The summed E-state index contributed by atoms with van der Waals surface area (Å²) in [4.78, 5) is 46.9. The molecule has 4 bridgehead atoms. The molecule has 4 N–H and O–H groups in total. The topological polar surface area (TPSA) is 145 Å². The predicted octanol–water partition coefficient (Wildman–Crippen LogP) is 2.17. The zero-order chi connectivity index (χ0) is 25.7. The number of unbranched alkanes of at least 4 members (excludes halogenated alkanes) is 1. The lowest BCUT2D eigenvalue weighted by atomic mass is 9.44. The molecule has 4 saturated carbocycles. The second-order valence-corrected chi connectivity index (χ2v) is 9.65. The molecule has 0 saturated heterocycles. The van der Waals surface area contributed by atoms with Crippen LogP contribution in [-0.2, 0) is 28.7 Å². The molecule has 2 unspecified atom stereocenters. The van der Waals surface area contributed by atoms with Gasteiger partial charge in [-0.1, -0.05) is 0 Å². The quantitative estimate of drug-likeness (QED) is 0.344. The van der Waals surface area contributed by atoms with Gasteiger partial charge in [0.1, 0.15) is 6.04 Å². The molecule has 4 fully saturated rings. The second kappa shape index (κ2) is 10.9. The van der Waals surface area contributed by atoms with Gasteiger partial charge in [0.2, 0.25) is 5.91 Å². The number of methoxy groups -OCH3 is 2. The van der Waals surface area contributed by atoms with Crippen LogP contribution in [0.25, 0.3) is 0 Å². The number of amides is 1. The summed E-state index contributed by atoms with van der Waals surface area (Å²) in [6, 6.07) is -0.656. The maximum atomic E-state index is 13.3. The average molecular weight is 495 g/mol. The minimum absolute atomic E-state index is 0.104. The van der Waals surface area contributed by atoms with Crippen LogP contribution in [0.4, 0.5) is 13.2 Å². The van der Waals surface area contributed by atoms with Gasteiger partial charge in [0.25, 0.3) is 0 Å². The Labute approximate surface area is 195 Å². The highest BCUT2D eigenvalue weighted by Crippen LogP contribution is 2.65. The normalized spacial score (nSPS) is 29.9. The van der Waals surface area contributed by atoms with Gasteiger partial charge in [0.15, 0.2) is 0 Å². The van der Waals surface area contributed by atoms with Gasteiger partial charge in [-0.3, -0.25) is 9.59 Å². The third-order valence-corrected chi connectivity index (χ3v) is 7.14. The number of rotatable bonds is 8. The molecule has 12 heteroatoms. The van der Waals surface area contributed by atoms with Crippen molar-refractivity contribution >= 4 is 23.8 Å². The molecule has 9 nitrogen and oxygen atoms in total. The standard InChI is InChI=1S/C20H32N2O5.C2HF3O2/c1-26-16(23)15(5-3-4-6-21)22-17(24)19-8-13-7-14(9-19)11-20(10-13,12-19)18(25)27-2;3-2(4,5)1(6)7/h13-15H,3-12,21H2,1-2H3,(H,22,24);(H,6,7)/t13?,14?,15-,19?,20?;/m0./s1. The number of carbonyl (C=O) groups is 4. The van der Waals surface area contributed by atoms with E-state index in [-0.39, 0.29) is 11.9 Å². The average Bonchev–Trinajstić information content (AvgIpc) is 2.76.